The second-order valence-electron chi connectivity index (χ2n) is 3.44. The Hall–Kier alpha value is -2.01. The maximum absolute atomic E-state index is 11.7. The molecule has 0 atom stereocenters. The van der Waals surface area contributed by atoms with Crippen LogP contribution in [0.1, 0.15) is 0 Å². The molecule has 4 nitrogen and oxygen atoms in total. The van der Waals surface area contributed by atoms with E-state index < -0.39 is 0 Å². The number of nitroso groups, excluding NO2 is 1. The van der Waals surface area contributed by atoms with Gasteiger partial charge in [-0.2, -0.15) is 0 Å². The predicted molar refractivity (Wildman–Crippen MR) is 65.4 cm³/mol. The lowest BCUT2D eigenvalue weighted by molar-refractivity contribution is 1.35. The Kier molecular flexibility index (Phi) is 1.87. The quantitative estimate of drug-likeness (QED) is 0.653. The highest BCUT2D eigenvalue weighted by atomic mass is 32.1. The van der Waals surface area contributed by atoms with Crippen molar-refractivity contribution in [2.45, 2.75) is 0 Å². The first kappa shape index (κ1) is 9.23. The average Bonchev–Trinajstić information content (AvgIpc) is 2.78. The fraction of sp³-hybridized carbons (Fsp3) is 0. The Labute approximate surface area is 93.5 Å². The molecule has 1 aromatic carbocycles. The molecule has 2 heterocycles. The topological polar surface area (TPSA) is 62.3 Å². The molecule has 2 aromatic heterocycles. The number of fused-ring (bicyclic) bond motifs is 3. The third-order valence-corrected chi connectivity index (χ3v) is 3.43. The molecule has 0 aliphatic rings. The van der Waals surface area contributed by atoms with Gasteiger partial charge < -0.3 is 4.98 Å². The Morgan fingerprint density at radius 2 is 2.06 bits per heavy atom. The normalized spacial score (nSPS) is 11.0. The number of H-pyrrole nitrogens is 1. The van der Waals surface area contributed by atoms with Crippen LogP contribution in [0.4, 0.5) is 5.69 Å². The van der Waals surface area contributed by atoms with Gasteiger partial charge >= 0.3 is 0 Å². The molecule has 5 heteroatoms. The van der Waals surface area contributed by atoms with E-state index in [0.717, 1.165) is 16.3 Å². The largest absolute Gasteiger partial charge is 0.321 e. The number of hydrogen-bond donors (Lipinski definition) is 1. The first-order chi connectivity index (χ1) is 7.79. The summed E-state index contributed by atoms with van der Waals surface area (Å²) in [5, 5.41) is 6.48. The molecule has 0 aliphatic heterocycles. The van der Waals surface area contributed by atoms with E-state index in [2.05, 4.69) is 10.2 Å². The van der Waals surface area contributed by atoms with Gasteiger partial charge in [-0.25, -0.2) is 0 Å². The van der Waals surface area contributed by atoms with Gasteiger partial charge in [0.25, 0.3) is 5.56 Å². The van der Waals surface area contributed by atoms with Crippen LogP contribution in [0.15, 0.2) is 39.6 Å². The van der Waals surface area contributed by atoms with Gasteiger partial charge in [0.1, 0.15) is 10.4 Å². The van der Waals surface area contributed by atoms with Crippen LogP contribution in [0.5, 0.6) is 0 Å². The third-order valence-electron chi connectivity index (χ3n) is 2.52. The highest BCUT2D eigenvalue weighted by Gasteiger charge is 2.06. The van der Waals surface area contributed by atoms with Crippen LogP contribution in [0.2, 0.25) is 0 Å². The van der Waals surface area contributed by atoms with E-state index in [1.165, 1.54) is 11.3 Å². The third kappa shape index (κ3) is 1.18. The molecule has 0 amide bonds. The number of aromatic amines is 1. The molecule has 0 saturated carbocycles. The molecular weight excluding hydrogens is 224 g/mol. The van der Waals surface area contributed by atoms with Crippen molar-refractivity contribution in [3.8, 4) is 0 Å². The van der Waals surface area contributed by atoms with E-state index in [9.17, 15) is 9.70 Å². The van der Waals surface area contributed by atoms with Crippen LogP contribution in [0.25, 0.3) is 21.0 Å². The van der Waals surface area contributed by atoms with Gasteiger partial charge in [0.15, 0.2) is 0 Å². The van der Waals surface area contributed by atoms with Crippen molar-refractivity contribution < 1.29 is 0 Å². The molecule has 0 unspecified atom stereocenters. The van der Waals surface area contributed by atoms with E-state index in [0.29, 0.717) is 10.4 Å². The molecular formula is C11H6N2O2S. The summed E-state index contributed by atoms with van der Waals surface area (Å²) in [6.45, 7) is 0. The van der Waals surface area contributed by atoms with Gasteiger partial charge in [0.05, 0.1) is 0 Å². The number of nitrogens with zero attached hydrogens (tertiary/aromatic N) is 1. The molecule has 78 valence electrons. The molecule has 3 aromatic rings. The minimum Gasteiger partial charge on any atom is -0.321 e. The van der Waals surface area contributed by atoms with Crippen molar-refractivity contribution in [1.82, 2.24) is 4.98 Å². The monoisotopic (exact) mass is 230 g/mol. The van der Waals surface area contributed by atoms with Crippen LogP contribution in [-0.2, 0) is 0 Å². The molecule has 1 N–H and O–H groups in total. The molecule has 0 radical (unpaired) electrons. The van der Waals surface area contributed by atoms with Gasteiger partial charge in [-0.05, 0) is 34.8 Å². The summed E-state index contributed by atoms with van der Waals surface area (Å²) >= 11 is 1.39. The Bertz CT molecular complexity index is 757. The van der Waals surface area contributed by atoms with Gasteiger partial charge in [-0.1, -0.05) is 0 Å². The van der Waals surface area contributed by atoms with Gasteiger partial charge in [-0.3, -0.25) is 4.79 Å². The van der Waals surface area contributed by atoms with Crippen molar-refractivity contribution in [3.05, 3.63) is 44.9 Å². The zero-order valence-corrected chi connectivity index (χ0v) is 8.88. The summed E-state index contributed by atoms with van der Waals surface area (Å²) in [4.78, 5) is 24.9. The van der Waals surface area contributed by atoms with E-state index in [1.807, 2.05) is 11.4 Å². The van der Waals surface area contributed by atoms with Crippen LogP contribution < -0.4 is 5.56 Å². The Morgan fingerprint density at radius 1 is 1.19 bits per heavy atom. The lowest BCUT2D eigenvalue weighted by Gasteiger charge is -1.99. The minimum absolute atomic E-state index is 0.0932. The maximum atomic E-state index is 11.7. The van der Waals surface area contributed by atoms with E-state index in [1.54, 1.807) is 18.2 Å². The second-order valence-corrected chi connectivity index (χ2v) is 4.35. The molecule has 0 aliphatic carbocycles. The summed E-state index contributed by atoms with van der Waals surface area (Å²) in [6.07, 6.45) is 0. The molecule has 0 saturated heterocycles. The van der Waals surface area contributed by atoms with Crippen molar-refractivity contribution in [3.63, 3.8) is 0 Å². The fourth-order valence-corrected chi connectivity index (χ4v) is 2.60. The van der Waals surface area contributed by atoms with Crippen LogP contribution in [0.3, 0.4) is 0 Å². The summed E-state index contributed by atoms with van der Waals surface area (Å²) < 4.78 is 0.676. The number of nitrogens with one attached hydrogen (secondary N) is 1. The van der Waals surface area contributed by atoms with Crippen LogP contribution in [-0.4, -0.2) is 4.98 Å². The Morgan fingerprint density at radius 3 is 2.88 bits per heavy atom. The zero-order valence-electron chi connectivity index (χ0n) is 8.06. The summed E-state index contributed by atoms with van der Waals surface area (Å²) in [5.74, 6) is 0. The van der Waals surface area contributed by atoms with Crippen molar-refractivity contribution in [2.75, 3.05) is 0 Å². The lowest BCUT2D eigenvalue weighted by Crippen LogP contribution is -2.03. The fourth-order valence-electron chi connectivity index (χ4n) is 1.80. The minimum atomic E-state index is -0.0932. The smallest absolute Gasteiger partial charge is 0.266 e. The maximum Gasteiger partial charge on any atom is 0.266 e. The summed E-state index contributed by atoms with van der Waals surface area (Å²) in [5.41, 5.74) is 1.000. The van der Waals surface area contributed by atoms with Crippen LogP contribution >= 0.6 is 11.3 Å². The van der Waals surface area contributed by atoms with Gasteiger partial charge in [-0.15, -0.1) is 16.2 Å². The van der Waals surface area contributed by atoms with E-state index in [-0.39, 0.29) is 5.56 Å². The number of thiophene rings is 1. The number of pyridine rings is 1. The summed E-state index contributed by atoms with van der Waals surface area (Å²) in [7, 11) is 0. The number of hydrogen-bond acceptors (Lipinski definition) is 4. The molecule has 0 bridgehead atoms. The van der Waals surface area contributed by atoms with Crippen molar-refractivity contribution in [1.29, 1.82) is 0 Å². The molecule has 0 fully saturated rings. The van der Waals surface area contributed by atoms with Gasteiger partial charge in [0.2, 0.25) is 0 Å². The van der Waals surface area contributed by atoms with Gasteiger partial charge in [0, 0.05) is 16.3 Å². The average molecular weight is 230 g/mol. The van der Waals surface area contributed by atoms with Crippen LogP contribution in [0, 0.1) is 4.91 Å². The predicted octanol–water partition coefficient (Wildman–Crippen LogP) is 3.14. The molecule has 16 heavy (non-hydrogen) atoms. The number of rotatable bonds is 1. The second kappa shape index (κ2) is 3.24. The first-order valence-corrected chi connectivity index (χ1v) is 5.54. The first-order valence-electron chi connectivity index (χ1n) is 4.66. The van der Waals surface area contributed by atoms with Crippen molar-refractivity contribution in [2.24, 2.45) is 5.18 Å². The van der Waals surface area contributed by atoms with Crippen molar-refractivity contribution >= 4 is 38.0 Å². The lowest BCUT2D eigenvalue weighted by atomic mass is 10.1. The zero-order chi connectivity index (χ0) is 11.1. The highest BCUT2D eigenvalue weighted by Crippen LogP contribution is 2.27. The highest BCUT2D eigenvalue weighted by molar-refractivity contribution is 7.17. The SMILES string of the molecule is O=Nc1ccc2[nH]c(=O)c3sccc3c2c1. The number of benzene rings is 1. The van der Waals surface area contributed by atoms with E-state index in [4.69, 9.17) is 0 Å². The standard InChI is InChI=1S/C11H6N2O2S/c14-11-10-7(3-4-16-10)8-5-6(13-15)1-2-9(8)12-11/h1-5H,(H,12,14). The van der Waals surface area contributed by atoms with E-state index >= 15 is 0 Å². The number of aromatic nitrogens is 1. The molecule has 3 rings (SSSR count). The summed E-state index contributed by atoms with van der Waals surface area (Å²) in [6, 6.07) is 6.85. The Balaban J connectivity index is 2.60. The molecule has 0 spiro atoms.